The first kappa shape index (κ1) is 29.9. The second-order valence-electron chi connectivity index (χ2n) is 9.78. The molecule has 1 aromatic carbocycles. The van der Waals surface area contributed by atoms with Crippen molar-refractivity contribution < 1.29 is 50.6 Å². The number of carbonyl (C=O) groups excluding carboxylic acids is 3. The highest BCUT2D eigenvalue weighted by Gasteiger charge is 2.66. The lowest BCUT2D eigenvalue weighted by Crippen LogP contribution is -2.56. The van der Waals surface area contributed by atoms with Gasteiger partial charge in [-0.25, -0.2) is 9.69 Å². The van der Waals surface area contributed by atoms with Crippen LogP contribution in [0.15, 0.2) is 30.4 Å². The van der Waals surface area contributed by atoms with Gasteiger partial charge in [-0.1, -0.05) is 12.2 Å². The van der Waals surface area contributed by atoms with Crippen molar-refractivity contribution in [2.75, 3.05) is 18.1 Å². The third-order valence-corrected chi connectivity index (χ3v) is 8.83. The number of anilines is 1. The minimum Gasteiger partial charge on any atom is -0.443 e. The molecule has 2 amide bonds. The van der Waals surface area contributed by atoms with Gasteiger partial charge in [0.25, 0.3) is 0 Å². The molecule has 0 aromatic heterocycles. The van der Waals surface area contributed by atoms with Crippen molar-refractivity contribution in [1.29, 1.82) is 0 Å². The van der Waals surface area contributed by atoms with Gasteiger partial charge in [0.15, 0.2) is 0 Å². The molecule has 0 fully saturated rings. The van der Waals surface area contributed by atoms with E-state index in [9.17, 15) is 32.1 Å². The smallest absolute Gasteiger partial charge is 0.443 e. The summed E-state index contributed by atoms with van der Waals surface area (Å²) in [5.74, 6) is -2.56. The van der Waals surface area contributed by atoms with Crippen LogP contribution in [0.3, 0.4) is 0 Å². The highest BCUT2D eigenvalue weighted by atomic mass is 31.2. The molecule has 1 heterocycles. The Labute approximate surface area is 218 Å². The van der Waals surface area contributed by atoms with Crippen molar-refractivity contribution in [3.8, 4) is 5.75 Å². The first-order valence-corrected chi connectivity index (χ1v) is 13.7. The van der Waals surface area contributed by atoms with Crippen LogP contribution in [-0.2, 0) is 33.4 Å². The van der Waals surface area contributed by atoms with E-state index < -0.39 is 54.3 Å². The first-order chi connectivity index (χ1) is 17.6. The minimum absolute atomic E-state index is 0.0374. The van der Waals surface area contributed by atoms with Gasteiger partial charge in [-0.2, -0.15) is 0 Å². The van der Waals surface area contributed by atoms with Crippen LogP contribution in [0.5, 0.6) is 5.75 Å². The van der Waals surface area contributed by atoms with Crippen LogP contribution >= 0.6 is 7.60 Å². The minimum atomic E-state index is -5.05. The molecule has 1 aliphatic heterocycles. The molecule has 0 bridgehead atoms. The summed E-state index contributed by atoms with van der Waals surface area (Å²) in [6.07, 6.45) is -2.70. The molecule has 3 atom stereocenters. The number of fused-ring (bicyclic) bond motifs is 2. The number of hydrogen-bond acceptors (Lipinski definition) is 8. The lowest BCUT2D eigenvalue weighted by atomic mass is 9.64. The molecule has 0 radical (unpaired) electrons. The van der Waals surface area contributed by atoms with Crippen LogP contribution in [0.25, 0.3) is 0 Å². The summed E-state index contributed by atoms with van der Waals surface area (Å²) < 4.78 is 74.3. The number of hydrogen-bond donors (Lipinski definition) is 0. The molecule has 0 saturated carbocycles. The van der Waals surface area contributed by atoms with Crippen LogP contribution < -0.4 is 9.64 Å². The zero-order valence-electron chi connectivity index (χ0n) is 21.7. The number of imide groups is 1. The van der Waals surface area contributed by atoms with E-state index in [1.165, 1.54) is 0 Å². The number of amides is 2. The van der Waals surface area contributed by atoms with Gasteiger partial charge in [-0.15, -0.1) is 13.2 Å². The molecule has 2 aliphatic rings. The van der Waals surface area contributed by atoms with Crippen molar-refractivity contribution in [1.82, 2.24) is 0 Å². The van der Waals surface area contributed by atoms with E-state index in [0.717, 1.165) is 18.2 Å². The van der Waals surface area contributed by atoms with Gasteiger partial charge in [-0.3, -0.25) is 9.36 Å². The van der Waals surface area contributed by atoms with Gasteiger partial charge < -0.3 is 23.3 Å². The van der Waals surface area contributed by atoms with Gasteiger partial charge in [0.1, 0.15) is 17.6 Å². The fourth-order valence-electron chi connectivity index (χ4n) is 5.10. The van der Waals surface area contributed by atoms with E-state index >= 15 is 0 Å². The van der Waals surface area contributed by atoms with Crippen molar-refractivity contribution in [3.63, 3.8) is 0 Å². The van der Waals surface area contributed by atoms with Gasteiger partial charge in [-0.05, 0) is 64.8 Å². The molecule has 1 aliphatic carbocycles. The Hall–Kier alpha value is -2.69. The topological polar surface area (TPSA) is 108 Å². The number of rotatable bonds is 8. The second kappa shape index (κ2) is 10.8. The largest absolute Gasteiger partial charge is 0.573 e. The number of benzene rings is 1. The number of allylic oxidation sites excluding steroid dienone is 2. The zero-order chi connectivity index (χ0) is 28.5. The van der Waals surface area contributed by atoms with Gasteiger partial charge >= 0.3 is 20.1 Å². The zero-order valence-corrected chi connectivity index (χ0v) is 22.6. The van der Waals surface area contributed by atoms with Crippen LogP contribution in [0.4, 0.5) is 23.7 Å². The van der Waals surface area contributed by atoms with Crippen molar-refractivity contribution >= 4 is 31.6 Å². The van der Waals surface area contributed by atoms with Crippen LogP contribution in [0.2, 0.25) is 0 Å². The number of halogens is 3. The maximum absolute atomic E-state index is 14.4. The third kappa shape index (κ3) is 5.53. The molecule has 38 heavy (non-hydrogen) atoms. The predicted octanol–water partition coefficient (Wildman–Crippen LogP) is 5.90. The summed E-state index contributed by atoms with van der Waals surface area (Å²) in [5.41, 5.74) is -4.41. The molecule has 3 rings (SSSR count). The van der Waals surface area contributed by atoms with Gasteiger partial charge in [0.05, 0.1) is 30.0 Å². The van der Waals surface area contributed by atoms with E-state index in [-0.39, 0.29) is 37.3 Å². The van der Waals surface area contributed by atoms with E-state index in [1.54, 1.807) is 46.8 Å². The Kier molecular flexibility index (Phi) is 8.50. The van der Waals surface area contributed by atoms with E-state index in [2.05, 4.69) is 4.74 Å². The standard InChI is InChI=1S/C25H31F3NO8P/c1-6-34-38(33,35-7-2)20-10-8-9-16(13-14-30)24(20)18-15-17(36-25(26,27)28)11-12-19(18)29(21(24)31)22(32)37-23(3,4)5/h8-9,11-12,14-16,20H,6-7,10,13H2,1-5H3/t16-,20+,24-/m1/s1. The van der Waals surface area contributed by atoms with E-state index in [0.29, 0.717) is 11.2 Å². The van der Waals surface area contributed by atoms with Crippen molar-refractivity contribution in [2.24, 2.45) is 5.92 Å². The number of aldehydes is 1. The highest BCUT2D eigenvalue weighted by Crippen LogP contribution is 2.67. The summed E-state index contributed by atoms with van der Waals surface area (Å²) in [5, 5.41) is 0. The molecular formula is C25H31F3NO8P. The summed E-state index contributed by atoms with van der Waals surface area (Å²) in [4.78, 5) is 40.1. The third-order valence-electron chi connectivity index (χ3n) is 6.21. The SMILES string of the molecule is CCOP(=O)(OCC)[C@H]1CC=C[C@H](CC=O)[C@]12C(=O)N(C(=O)OC(C)(C)C)c1ccc(OC(F)(F)F)cc12. The van der Waals surface area contributed by atoms with Crippen molar-refractivity contribution in [2.45, 2.75) is 70.5 Å². The Morgan fingerprint density at radius 2 is 1.82 bits per heavy atom. The molecule has 0 N–H and O–H groups in total. The molecule has 13 heteroatoms. The summed E-state index contributed by atoms with van der Waals surface area (Å²) >= 11 is 0. The molecule has 0 saturated heterocycles. The highest BCUT2D eigenvalue weighted by molar-refractivity contribution is 7.54. The lowest BCUT2D eigenvalue weighted by molar-refractivity contribution is -0.274. The number of carbonyl (C=O) groups is 3. The van der Waals surface area contributed by atoms with E-state index in [1.807, 2.05) is 0 Å². The normalized spacial score (nSPS) is 23.5. The lowest BCUT2D eigenvalue weighted by Gasteiger charge is -2.45. The fraction of sp³-hybridized carbons (Fsp3) is 0.560. The van der Waals surface area contributed by atoms with Gasteiger partial charge in [0.2, 0.25) is 5.91 Å². The van der Waals surface area contributed by atoms with E-state index in [4.69, 9.17) is 13.8 Å². The average Bonchev–Trinajstić information content (AvgIpc) is 3.02. The maximum atomic E-state index is 14.4. The van der Waals surface area contributed by atoms with Crippen molar-refractivity contribution in [3.05, 3.63) is 35.9 Å². The maximum Gasteiger partial charge on any atom is 0.573 e. The molecule has 210 valence electrons. The number of ether oxygens (including phenoxy) is 2. The average molecular weight is 561 g/mol. The summed E-state index contributed by atoms with van der Waals surface area (Å²) in [6, 6.07) is 3.08. The van der Waals surface area contributed by atoms with Gasteiger partial charge in [0, 0.05) is 12.3 Å². The van der Waals surface area contributed by atoms with Crippen LogP contribution in [0, 0.1) is 5.92 Å². The van der Waals surface area contributed by atoms with Crippen LogP contribution in [0.1, 0.15) is 53.0 Å². The molecule has 1 spiro atoms. The Morgan fingerprint density at radius 3 is 2.34 bits per heavy atom. The van der Waals surface area contributed by atoms with Crippen LogP contribution in [-0.4, -0.2) is 49.1 Å². The first-order valence-electron chi connectivity index (χ1n) is 12.1. The number of alkyl halides is 3. The summed E-state index contributed by atoms with van der Waals surface area (Å²) in [7, 11) is -4.15. The Bertz CT molecular complexity index is 1150. The predicted molar refractivity (Wildman–Crippen MR) is 131 cm³/mol. The molecule has 9 nitrogen and oxygen atoms in total. The quantitative estimate of drug-likeness (QED) is 0.219. The Balaban J connectivity index is 2.38. The number of nitrogens with zero attached hydrogens (tertiary/aromatic N) is 1. The summed E-state index contributed by atoms with van der Waals surface area (Å²) in [6.45, 7) is 7.80. The second-order valence-corrected chi connectivity index (χ2v) is 12.0. The molecule has 0 unspecified atom stereocenters. The molecular weight excluding hydrogens is 530 g/mol. The molecule has 1 aromatic rings. The monoisotopic (exact) mass is 561 g/mol. The fourth-order valence-corrected chi connectivity index (χ4v) is 7.57. The Morgan fingerprint density at radius 1 is 1.18 bits per heavy atom.